The summed E-state index contributed by atoms with van der Waals surface area (Å²) in [4.78, 5) is 32.0. The fourth-order valence-corrected chi connectivity index (χ4v) is 5.72. The van der Waals surface area contributed by atoms with E-state index in [-0.39, 0.29) is 11.4 Å². The van der Waals surface area contributed by atoms with E-state index in [9.17, 15) is 4.79 Å². The summed E-state index contributed by atoms with van der Waals surface area (Å²) in [5, 5.41) is 4.59. The second-order valence-corrected chi connectivity index (χ2v) is 11.2. The molecular weight excluding hydrogens is 518 g/mol. The van der Waals surface area contributed by atoms with Crippen LogP contribution in [0, 0.1) is 19.8 Å². The molecule has 0 spiro atoms. The van der Waals surface area contributed by atoms with Crippen molar-refractivity contribution >= 4 is 27.5 Å². The molecule has 2 aromatic rings. The molecule has 2 fully saturated rings. The average Bonchev–Trinajstić information content (AvgIpc) is 2.88. The van der Waals surface area contributed by atoms with Crippen LogP contribution in [0.25, 0.3) is 0 Å². The number of rotatable bonds is 7. The Morgan fingerprint density at radius 2 is 1.69 bits per heavy atom. The van der Waals surface area contributed by atoms with Crippen LogP contribution in [0.1, 0.15) is 73.3 Å². The summed E-state index contributed by atoms with van der Waals surface area (Å²) in [5.74, 6) is 0.447. The first-order valence-corrected chi connectivity index (χ1v) is 13.9. The number of hydrogen-bond donors (Lipinski definition) is 0. The van der Waals surface area contributed by atoms with Crippen molar-refractivity contribution in [1.29, 1.82) is 0 Å². The van der Waals surface area contributed by atoms with E-state index in [1.165, 1.54) is 6.33 Å². The minimum absolute atomic E-state index is 0.0637. The molecule has 8 heteroatoms. The van der Waals surface area contributed by atoms with Crippen molar-refractivity contribution in [3.05, 3.63) is 57.6 Å². The van der Waals surface area contributed by atoms with Gasteiger partial charge in [0.2, 0.25) is 0 Å². The number of amides is 1. The van der Waals surface area contributed by atoms with Crippen molar-refractivity contribution in [2.45, 2.75) is 65.3 Å². The zero-order valence-electron chi connectivity index (χ0n) is 22.0. The van der Waals surface area contributed by atoms with Crippen LogP contribution in [0.5, 0.6) is 0 Å². The monoisotopic (exact) mass is 555 g/mol. The number of nitrogens with zero attached hydrogens (tertiary/aromatic N) is 5. The van der Waals surface area contributed by atoms with E-state index in [4.69, 9.17) is 4.84 Å². The second-order valence-electron chi connectivity index (χ2n) is 10.3. The Bertz CT molecular complexity index is 1050. The maximum absolute atomic E-state index is 13.2. The number of carbonyl (C=O) groups excluding carboxylic acids is 1. The van der Waals surface area contributed by atoms with Gasteiger partial charge in [0.25, 0.3) is 5.91 Å². The molecule has 3 heterocycles. The Morgan fingerprint density at radius 3 is 2.28 bits per heavy atom. The van der Waals surface area contributed by atoms with E-state index >= 15 is 0 Å². The standard InChI is InChI=1S/C28H38BrN5O2/c1-5-18-36-32-26(22-6-8-24(29)9-7-22)23-10-14-34(15-11-23)28(4)12-16-33(17-13-28)27(35)25-20(2)30-19-31-21(25)3/h6-9,19,23H,5,10-18H2,1-4H3/b32-26-. The lowest BCUT2D eigenvalue weighted by Gasteiger charge is -2.49. The van der Waals surface area contributed by atoms with Gasteiger partial charge in [0, 0.05) is 29.0 Å². The van der Waals surface area contributed by atoms with Gasteiger partial charge in [-0.2, -0.15) is 0 Å². The molecule has 0 atom stereocenters. The van der Waals surface area contributed by atoms with Gasteiger partial charge in [-0.05, 0) is 83.7 Å². The van der Waals surface area contributed by atoms with Crippen LogP contribution < -0.4 is 0 Å². The summed E-state index contributed by atoms with van der Waals surface area (Å²) in [5.41, 5.74) is 4.49. The Labute approximate surface area is 223 Å². The number of aromatic nitrogens is 2. The predicted molar refractivity (Wildman–Crippen MR) is 146 cm³/mol. The fourth-order valence-electron chi connectivity index (χ4n) is 5.45. The molecular formula is C28H38BrN5O2. The van der Waals surface area contributed by atoms with Gasteiger partial charge in [-0.3, -0.25) is 9.69 Å². The molecule has 0 N–H and O–H groups in total. The highest BCUT2D eigenvalue weighted by Gasteiger charge is 2.39. The molecule has 2 aliphatic heterocycles. The van der Waals surface area contributed by atoms with Crippen LogP contribution in [-0.4, -0.2) is 69.7 Å². The Balaban J connectivity index is 1.38. The maximum atomic E-state index is 13.2. The van der Waals surface area contributed by atoms with Gasteiger partial charge in [0.05, 0.1) is 22.7 Å². The van der Waals surface area contributed by atoms with Crippen LogP contribution in [0.4, 0.5) is 0 Å². The van der Waals surface area contributed by atoms with Gasteiger partial charge in [-0.25, -0.2) is 9.97 Å². The van der Waals surface area contributed by atoms with Gasteiger partial charge < -0.3 is 9.74 Å². The number of piperidine rings is 2. The molecule has 0 unspecified atom stereocenters. The minimum Gasteiger partial charge on any atom is -0.396 e. The quantitative estimate of drug-likeness (QED) is 0.260. The molecule has 194 valence electrons. The number of likely N-dealkylation sites (tertiary alicyclic amines) is 2. The SMILES string of the molecule is CCCO/N=C(/c1ccc(Br)cc1)C1CCN(C2(C)CCN(C(=O)c3c(C)ncnc3C)CC2)CC1. The second kappa shape index (κ2) is 11.8. The van der Waals surface area contributed by atoms with E-state index in [1.54, 1.807) is 0 Å². The number of benzene rings is 1. The number of aryl methyl sites for hydroxylation is 2. The predicted octanol–water partition coefficient (Wildman–Crippen LogP) is 5.39. The van der Waals surface area contributed by atoms with Gasteiger partial charge in [0.1, 0.15) is 12.9 Å². The summed E-state index contributed by atoms with van der Waals surface area (Å²) in [6, 6.07) is 8.39. The van der Waals surface area contributed by atoms with E-state index < -0.39 is 0 Å². The lowest BCUT2D eigenvalue weighted by atomic mass is 9.82. The summed E-state index contributed by atoms with van der Waals surface area (Å²) >= 11 is 3.54. The normalized spacial score (nSPS) is 19.4. The molecule has 0 radical (unpaired) electrons. The number of carbonyl (C=O) groups is 1. The van der Waals surface area contributed by atoms with Crippen molar-refractivity contribution in [3.8, 4) is 0 Å². The third-order valence-corrected chi connectivity index (χ3v) is 8.34. The Morgan fingerprint density at radius 1 is 1.08 bits per heavy atom. The zero-order valence-corrected chi connectivity index (χ0v) is 23.6. The molecule has 0 aliphatic carbocycles. The minimum atomic E-state index is 0.0637. The zero-order chi connectivity index (χ0) is 25.7. The van der Waals surface area contributed by atoms with E-state index in [0.29, 0.717) is 18.1 Å². The molecule has 0 saturated carbocycles. The average molecular weight is 557 g/mol. The van der Waals surface area contributed by atoms with Gasteiger partial charge in [-0.15, -0.1) is 0 Å². The Hall–Kier alpha value is -2.32. The Kier molecular flexibility index (Phi) is 8.78. The van der Waals surface area contributed by atoms with Gasteiger partial charge >= 0.3 is 0 Å². The first kappa shape index (κ1) is 26.7. The molecule has 0 bridgehead atoms. The van der Waals surface area contributed by atoms with Crippen molar-refractivity contribution in [3.63, 3.8) is 0 Å². The van der Waals surface area contributed by atoms with Crippen LogP contribution in [0.2, 0.25) is 0 Å². The third kappa shape index (κ3) is 5.97. The highest BCUT2D eigenvalue weighted by molar-refractivity contribution is 9.10. The molecule has 2 aliphatic rings. The largest absolute Gasteiger partial charge is 0.396 e. The van der Waals surface area contributed by atoms with E-state index in [1.807, 2.05) is 18.7 Å². The molecule has 1 amide bonds. The van der Waals surface area contributed by atoms with E-state index in [0.717, 1.165) is 85.4 Å². The van der Waals surface area contributed by atoms with Gasteiger partial charge in [-0.1, -0.05) is 40.1 Å². The van der Waals surface area contributed by atoms with Crippen molar-refractivity contribution < 1.29 is 9.63 Å². The smallest absolute Gasteiger partial charge is 0.257 e. The van der Waals surface area contributed by atoms with E-state index in [2.05, 4.69) is 74.1 Å². The first-order valence-electron chi connectivity index (χ1n) is 13.1. The summed E-state index contributed by atoms with van der Waals surface area (Å²) in [7, 11) is 0. The fraction of sp³-hybridized carbons (Fsp3) is 0.571. The lowest BCUT2D eigenvalue weighted by Crippen LogP contribution is -2.56. The molecule has 1 aromatic carbocycles. The summed E-state index contributed by atoms with van der Waals surface area (Å²) in [6.45, 7) is 12.5. The molecule has 36 heavy (non-hydrogen) atoms. The van der Waals surface area contributed by atoms with Crippen molar-refractivity contribution in [1.82, 2.24) is 19.8 Å². The molecule has 4 rings (SSSR count). The van der Waals surface area contributed by atoms with Crippen molar-refractivity contribution in [2.24, 2.45) is 11.1 Å². The van der Waals surface area contributed by atoms with Crippen LogP contribution in [0.15, 0.2) is 40.2 Å². The molecule has 7 nitrogen and oxygen atoms in total. The summed E-state index contributed by atoms with van der Waals surface area (Å²) in [6.07, 6.45) is 6.54. The molecule has 1 aromatic heterocycles. The van der Waals surface area contributed by atoms with Crippen LogP contribution in [0.3, 0.4) is 0 Å². The van der Waals surface area contributed by atoms with Crippen LogP contribution in [-0.2, 0) is 4.84 Å². The maximum Gasteiger partial charge on any atom is 0.257 e. The molecule has 2 saturated heterocycles. The highest BCUT2D eigenvalue weighted by atomic mass is 79.9. The summed E-state index contributed by atoms with van der Waals surface area (Å²) < 4.78 is 1.07. The lowest BCUT2D eigenvalue weighted by molar-refractivity contribution is 0.0160. The van der Waals surface area contributed by atoms with Gasteiger partial charge in [0.15, 0.2) is 0 Å². The third-order valence-electron chi connectivity index (χ3n) is 7.81. The number of halogens is 1. The first-order chi connectivity index (χ1) is 17.3. The highest BCUT2D eigenvalue weighted by Crippen LogP contribution is 2.34. The topological polar surface area (TPSA) is 70.9 Å². The number of hydrogen-bond acceptors (Lipinski definition) is 6. The van der Waals surface area contributed by atoms with Crippen molar-refractivity contribution in [2.75, 3.05) is 32.8 Å². The van der Waals surface area contributed by atoms with Crippen LogP contribution >= 0.6 is 15.9 Å². The number of oxime groups is 1.